The number of ether oxygens (including phenoxy) is 2. The Hall–Kier alpha value is -2.13. The van der Waals surface area contributed by atoms with Gasteiger partial charge in [0.1, 0.15) is 12.3 Å². The number of amides is 1. The first-order chi connectivity index (χ1) is 16.8. The van der Waals surface area contributed by atoms with Crippen LogP contribution in [-0.4, -0.2) is 67.0 Å². The van der Waals surface area contributed by atoms with Gasteiger partial charge < -0.3 is 23.8 Å². The second kappa shape index (κ2) is 11.5. The number of carbonyl (C=O) groups is 1. The quantitative estimate of drug-likeness (QED) is 0.310. The molecule has 9 heteroatoms. The Morgan fingerprint density at radius 3 is 2.33 bits per heavy atom. The van der Waals surface area contributed by atoms with Crippen LogP contribution in [0.4, 0.5) is 15.0 Å². The zero-order valence-electron chi connectivity index (χ0n) is 23.5. The fraction of sp³-hybridized carbons (Fsp3) is 0.704. The number of carbonyl (C=O) groups excluding carboxylic acids is 1. The molecule has 0 aliphatic carbocycles. The van der Waals surface area contributed by atoms with Crippen LogP contribution in [0.5, 0.6) is 0 Å². The number of aromatic nitrogens is 2. The first kappa shape index (κ1) is 28.4. The van der Waals surface area contributed by atoms with Gasteiger partial charge in [0.2, 0.25) is 0 Å². The minimum atomic E-state index is -1.17. The van der Waals surface area contributed by atoms with E-state index < -0.39 is 13.7 Å². The number of halogens is 1. The lowest BCUT2D eigenvalue weighted by atomic mass is 10.0. The molecule has 1 saturated heterocycles. The van der Waals surface area contributed by atoms with Crippen molar-refractivity contribution in [3.05, 3.63) is 23.8 Å². The fourth-order valence-electron chi connectivity index (χ4n) is 4.42. The van der Waals surface area contributed by atoms with Gasteiger partial charge in [-0.1, -0.05) is 33.5 Å². The van der Waals surface area contributed by atoms with Gasteiger partial charge in [-0.25, -0.2) is 14.2 Å². The predicted molar refractivity (Wildman–Crippen MR) is 147 cm³/mol. The molecule has 3 rings (SSSR count). The van der Waals surface area contributed by atoms with Crippen molar-refractivity contribution < 1.29 is 18.7 Å². The second-order valence-corrected chi connectivity index (χ2v) is 18.0. The summed E-state index contributed by atoms with van der Waals surface area (Å²) >= 11 is 0. The van der Waals surface area contributed by atoms with Gasteiger partial charge in [0.15, 0.2) is 11.6 Å². The molecule has 0 bridgehead atoms. The number of rotatable bonds is 7. The SMILES string of the molecule is CC(C)c1cn(COCC[Si](C)(C)C)c2cnc(N3CCCN(C(=O)OC(C)(C)C)CCC3)c(F)c12. The minimum absolute atomic E-state index is 0.176. The molecule has 1 amide bonds. The number of hydrogen-bond acceptors (Lipinski definition) is 5. The van der Waals surface area contributed by atoms with Gasteiger partial charge >= 0.3 is 6.09 Å². The molecule has 0 atom stereocenters. The largest absolute Gasteiger partial charge is 0.444 e. The van der Waals surface area contributed by atoms with Crippen molar-refractivity contribution in [2.45, 2.75) is 91.4 Å². The van der Waals surface area contributed by atoms with E-state index in [0.29, 0.717) is 50.7 Å². The molecular formula is C27H45FN4O3Si. The maximum absolute atomic E-state index is 16.0. The lowest BCUT2D eigenvalue weighted by molar-refractivity contribution is 0.0242. The molecule has 7 nitrogen and oxygen atoms in total. The van der Waals surface area contributed by atoms with E-state index in [1.54, 1.807) is 11.1 Å². The van der Waals surface area contributed by atoms with Crippen molar-refractivity contribution in [2.24, 2.45) is 0 Å². The van der Waals surface area contributed by atoms with Crippen LogP contribution in [0, 0.1) is 5.82 Å². The normalized spacial score (nSPS) is 15.9. The van der Waals surface area contributed by atoms with Crippen LogP contribution in [0.3, 0.4) is 0 Å². The van der Waals surface area contributed by atoms with Crippen LogP contribution >= 0.6 is 0 Å². The monoisotopic (exact) mass is 520 g/mol. The number of anilines is 1. The highest BCUT2D eigenvalue weighted by Gasteiger charge is 2.26. The molecule has 1 aliphatic heterocycles. The van der Waals surface area contributed by atoms with E-state index in [0.717, 1.165) is 30.0 Å². The molecule has 0 spiro atoms. The van der Waals surface area contributed by atoms with Gasteiger partial charge in [0.25, 0.3) is 0 Å². The summed E-state index contributed by atoms with van der Waals surface area (Å²) in [5, 5.41) is 0.640. The first-order valence-electron chi connectivity index (χ1n) is 13.2. The molecule has 1 aliphatic rings. The lowest BCUT2D eigenvalue weighted by Crippen LogP contribution is -2.42. The van der Waals surface area contributed by atoms with Crippen molar-refractivity contribution in [3.63, 3.8) is 0 Å². The zero-order valence-corrected chi connectivity index (χ0v) is 24.5. The third-order valence-corrected chi connectivity index (χ3v) is 8.09. The van der Waals surface area contributed by atoms with Gasteiger partial charge in [0, 0.05) is 52.4 Å². The van der Waals surface area contributed by atoms with Crippen LogP contribution in [0.25, 0.3) is 10.9 Å². The summed E-state index contributed by atoms with van der Waals surface area (Å²) in [6.07, 6.45) is 4.97. The molecular weight excluding hydrogens is 475 g/mol. The maximum atomic E-state index is 16.0. The smallest absolute Gasteiger partial charge is 0.410 e. The van der Waals surface area contributed by atoms with Crippen molar-refractivity contribution in [3.8, 4) is 0 Å². The topological polar surface area (TPSA) is 59.8 Å². The number of fused-ring (bicyclic) bond motifs is 1. The first-order valence-corrected chi connectivity index (χ1v) is 17.0. The summed E-state index contributed by atoms with van der Waals surface area (Å²) in [7, 11) is -1.17. The maximum Gasteiger partial charge on any atom is 0.410 e. The highest BCUT2D eigenvalue weighted by molar-refractivity contribution is 6.76. The van der Waals surface area contributed by atoms with Gasteiger partial charge in [0.05, 0.1) is 11.7 Å². The molecule has 202 valence electrons. The van der Waals surface area contributed by atoms with Gasteiger partial charge in [-0.3, -0.25) is 0 Å². The van der Waals surface area contributed by atoms with Crippen LogP contribution in [0.1, 0.15) is 58.9 Å². The standard InChI is InChI=1S/C27H45FN4O3Si/c1-20(2)21-18-32(19-34-15-16-36(6,7)8)22-17-29-25(24(28)23(21)22)30-11-9-13-31(14-10-12-30)26(33)35-27(3,4)5/h17-18,20H,9-16,19H2,1-8H3. The summed E-state index contributed by atoms with van der Waals surface area (Å²) < 4.78 is 29.5. The Morgan fingerprint density at radius 2 is 1.78 bits per heavy atom. The van der Waals surface area contributed by atoms with E-state index in [2.05, 4.69) is 38.5 Å². The minimum Gasteiger partial charge on any atom is -0.444 e. The Bertz CT molecular complexity index is 1030. The summed E-state index contributed by atoms with van der Waals surface area (Å²) in [4.78, 5) is 20.8. The van der Waals surface area contributed by atoms with Crippen LogP contribution in [0.15, 0.2) is 12.4 Å². The van der Waals surface area contributed by atoms with E-state index in [9.17, 15) is 4.79 Å². The Labute approximate surface area is 216 Å². The average molecular weight is 521 g/mol. The van der Waals surface area contributed by atoms with Crippen molar-refractivity contribution in [1.29, 1.82) is 0 Å². The summed E-state index contributed by atoms with van der Waals surface area (Å²) in [6, 6.07) is 1.10. The Balaban J connectivity index is 1.76. The van der Waals surface area contributed by atoms with Crippen LogP contribution in [0.2, 0.25) is 25.7 Å². The predicted octanol–water partition coefficient (Wildman–Crippen LogP) is 6.45. The Morgan fingerprint density at radius 1 is 1.14 bits per heavy atom. The third kappa shape index (κ3) is 7.44. The van der Waals surface area contributed by atoms with E-state index >= 15 is 4.39 Å². The van der Waals surface area contributed by atoms with E-state index in [-0.39, 0.29) is 17.8 Å². The molecule has 0 unspecified atom stereocenters. The number of pyridine rings is 1. The number of hydrogen-bond donors (Lipinski definition) is 0. The molecule has 0 radical (unpaired) electrons. The van der Waals surface area contributed by atoms with Crippen LogP contribution in [-0.2, 0) is 16.2 Å². The summed E-state index contributed by atoms with van der Waals surface area (Å²) in [5.74, 6) is 0.310. The lowest BCUT2D eigenvalue weighted by Gasteiger charge is -2.32. The van der Waals surface area contributed by atoms with E-state index in [1.165, 1.54) is 0 Å². The zero-order chi connectivity index (χ0) is 26.7. The molecule has 0 saturated carbocycles. The highest BCUT2D eigenvalue weighted by atomic mass is 28.3. The van der Waals surface area contributed by atoms with Crippen molar-refractivity contribution >= 4 is 30.9 Å². The fourth-order valence-corrected chi connectivity index (χ4v) is 5.17. The molecule has 1 fully saturated rings. The number of nitrogens with zero attached hydrogens (tertiary/aromatic N) is 4. The summed E-state index contributed by atoms with van der Waals surface area (Å²) in [5.41, 5.74) is 1.23. The molecule has 0 N–H and O–H groups in total. The van der Waals surface area contributed by atoms with Crippen LogP contribution < -0.4 is 4.90 Å². The third-order valence-electron chi connectivity index (χ3n) is 6.39. The molecule has 3 heterocycles. The molecule has 0 aromatic carbocycles. The van der Waals surface area contributed by atoms with Gasteiger partial charge in [-0.2, -0.15) is 0 Å². The molecule has 36 heavy (non-hydrogen) atoms. The van der Waals surface area contributed by atoms with Gasteiger partial charge in [-0.15, -0.1) is 0 Å². The molecule has 2 aromatic rings. The average Bonchev–Trinajstić information content (AvgIpc) is 3.10. The van der Waals surface area contributed by atoms with Crippen molar-refractivity contribution in [1.82, 2.24) is 14.5 Å². The highest BCUT2D eigenvalue weighted by Crippen LogP contribution is 2.33. The van der Waals surface area contributed by atoms with E-state index in [1.807, 2.05) is 36.4 Å². The second-order valence-electron chi connectivity index (χ2n) is 12.4. The van der Waals surface area contributed by atoms with Gasteiger partial charge in [-0.05, 0) is 51.1 Å². The molecule has 2 aromatic heterocycles. The summed E-state index contributed by atoms with van der Waals surface area (Å²) in [6.45, 7) is 20.3. The van der Waals surface area contributed by atoms with Crippen molar-refractivity contribution in [2.75, 3.05) is 37.7 Å². The van der Waals surface area contributed by atoms with E-state index in [4.69, 9.17) is 9.47 Å². The Kier molecular flexibility index (Phi) is 9.09.